The lowest BCUT2D eigenvalue weighted by Gasteiger charge is -2.37. The maximum absolute atomic E-state index is 12.8. The summed E-state index contributed by atoms with van der Waals surface area (Å²) in [5, 5.41) is 0. The zero-order valence-corrected chi connectivity index (χ0v) is 9.54. The van der Waals surface area contributed by atoms with E-state index >= 15 is 0 Å². The number of carbonyl (C=O) groups excluding carboxylic acids is 1. The third-order valence-corrected chi connectivity index (χ3v) is 3.19. The number of hydrogen-bond acceptors (Lipinski definition) is 3. The van der Waals surface area contributed by atoms with E-state index in [0.717, 1.165) is 0 Å². The Kier molecular flexibility index (Phi) is 4.76. The van der Waals surface area contributed by atoms with E-state index in [2.05, 4.69) is 0 Å². The average molecular weight is 253 g/mol. The second-order valence-corrected chi connectivity index (χ2v) is 4.35. The summed E-state index contributed by atoms with van der Waals surface area (Å²) in [4.78, 5) is 12.3. The van der Waals surface area contributed by atoms with Crippen LogP contribution < -0.4 is 11.5 Å². The van der Waals surface area contributed by atoms with Crippen molar-refractivity contribution in [1.29, 1.82) is 0 Å². The standard InChI is InChI=1S/C10H18F3N3O/c11-10(12,13)8(1-4-14)16-5-2-7(3-6-16)9(15)17/h7-8H,1-6,14H2,(H2,15,17). The van der Waals surface area contributed by atoms with Crippen LogP contribution in [0.3, 0.4) is 0 Å². The van der Waals surface area contributed by atoms with Gasteiger partial charge in [-0.05, 0) is 38.9 Å². The van der Waals surface area contributed by atoms with Crippen LogP contribution in [-0.4, -0.2) is 42.7 Å². The Bertz CT molecular complexity index is 262. The van der Waals surface area contributed by atoms with Gasteiger partial charge in [0.2, 0.25) is 5.91 Å². The molecule has 0 aromatic heterocycles. The van der Waals surface area contributed by atoms with Crippen LogP contribution in [0.4, 0.5) is 13.2 Å². The fraction of sp³-hybridized carbons (Fsp3) is 0.900. The molecule has 1 atom stereocenters. The SMILES string of the molecule is NCCC(N1CCC(C(N)=O)CC1)C(F)(F)F. The summed E-state index contributed by atoms with van der Waals surface area (Å²) in [7, 11) is 0. The molecule has 4 N–H and O–H groups in total. The van der Waals surface area contributed by atoms with Crippen LogP contribution >= 0.6 is 0 Å². The molecule has 1 amide bonds. The molecule has 0 bridgehead atoms. The van der Waals surface area contributed by atoms with Gasteiger partial charge in [0.25, 0.3) is 0 Å². The van der Waals surface area contributed by atoms with Crippen molar-refractivity contribution in [1.82, 2.24) is 4.90 Å². The maximum Gasteiger partial charge on any atom is 0.404 e. The lowest BCUT2D eigenvalue weighted by atomic mass is 9.94. The molecule has 0 aromatic rings. The lowest BCUT2D eigenvalue weighted by molar-refractivity contribution is -0.188. The van der Waals surface area contributed by atoms with Gasteiger partial charge in [-0.3, -0.25) is 9.69 Å². The van der Waals surface area contributed by atoms with Gasteiger partial charge in [-0.2, -0.15) is 13.2 Å². The molecule has 1 rings (SSSR count). The molecular formula is C10H18F3N3O. The van der Waals surface area contributed by atoms with Gasteiger partial charge >= 0.3 is 6.18 Å². The van der Waals surface area contributed by atoms with Crippen LogP contribution in [0.25, 0.3) is 0 Å². The molecular weight excluding hydrogens is 235 g/mol. The molecule has 1 aliphatic heterocycles. The van der Waals surface area contributed by atoms with Crippen molar-refractivity contribution in [2.45, 2.75) is 31.5 Å². The van der Waals surface area contributed by atoms with E-state index in [1.54, 1.807) is 0 Å². The quantitative estimate of drug-likeness (QED) is 0.764. The van der Waals surface area contributed by atoms with Crippen LogP contribution in [0.1, 0.15) is 19.3 Å². The Labute approximate surface area is 98.1 Å². The zero-order valence-electron chi connectivity index (χ0n) is 9.54. The molecule has 17 heavy (non-hydrogen) atoms. The molecule has 0 radical (unpaired) electrons. The highest BCUT2D eigenvalue weighted by atomic mass is 19.4. The fourth-order valence-corrected chi connectivity index (χ4v) is 2.21. The molecule has 100 valence electrons. The van der Waals surface area contributed by atoms with E-state index in [1.807, 2.05) is 0 Å². The third kappa shape index (κ3) is 3.85. The van der Waals surface area contributed by atoms with E-state index in [4.69, 9.17) is 11.5 Å². The van der Waals surface area contributed by atoms with Crippen LogP contribution in [0, 0.1) is 5.92 Å². The topological polar surface area (TPSA) is 72.3 Å². The van der Waals surface area contributed by atoms with Gasteiger partial charge in [0.15, 0.2) is 0 Å². The van der Waals surface area contributed by atoms with E-state index < -0.39 is 18.1 Å². The molecule has 0 aliphatic carbocycles. The highest BCUT2D eigenvalue weighted by Crippen LogP contribution is 2.30. The van der Waals surface area contributed by atoms with E-state index in [-0.39, 0.29) is 32.0 Å². The summed E-state index contributed by atoms with van der Waals surface area (Å²) in [6.45, 7) is 0.496. The van der Waals surface area contributed by atoms with Crippen molar-refractivity contribution in [2.75, 3.05) is 19.6 Å². The maximum atomic E-state index is 12.8. The Morgan fingerprint density at radius 3 is 2.24 bits per heavy atom. The Balaban J connectivity index is 2.58. The van der Waals surface area contributed by atoms with Gasteiger partial charge in [-0.25, -0.2) is 0 Å². The van der Waals surface area contributed by atoms with E-state index in [0.29, 0.717) is 12.8 Å². The molecule has 0 aromatic carbocycles. The van der Waals surface area contributed by atoms with Crippen LogP contribution in [0.5, 0.6) is 0 Å². The average Bonchev–Trinajstić information content (AvgIpc) is 2.24. The number of likely N-dealkylation sites (tertiary alicyclic amines) is 1. The van der Waals surface area contributed by atoms with Crippen molar-refractivity contribution < 1.29 is 18.0 Å². The number of rotatable bonds is 4. The number of amides is 1. The van der Waals surface area contributed by atoms with Crippen molar-refractivity contribution in [3.05, 3.63) is 0 Å². The largest absolute Gasteiger partial charge is 0.404 e. The fourth-order valence-electron chi connectivity index (χ4n) is 2.21. The van der Waals surface area contributed by atoms with Crippen molar-refractivity contribution in [2.24, 2.45) is 17.4 Å². The van der Waals surface area contributed by atoms with Crippen molar-refractivity contribution in [3.8, 4) is 0 Å². The summed E-state index contributed by atoms with van der Waals surface area (Å²) in [6.07, 6.45) is -3.58. The minimum Gasteiger partial charge on any atom is -0.369 e. The first-order valence-electron chi connectivity index (χ1n) is 5.66. The number of nitrogens with two attached hydrogens (primary N) is 2. The molecule has 7 heteroatoms. The van der Waals surface area contributed by atoms with Gasteiger partial charge < -0.3 is 11.5 Å². The summed E-state index contributed by atoms with van der Waals surface area (Å²) in [6, 6.07) is -1.50. The number of nitrogens with zero attached hydrogens (tertiary/aromatic N) is 1. The first kappa shape index (κ1) is 14.2. The molecule has 1 fully saturated rings. The number of alkyl halides is 3. The summed E-state index contributed by atoms with van der Waals surface area (Å²) < 4.78 is 38.3. The van der Waals surface area contributed by atoms with Gasteiger partial charge in [-0.15, -0.1) is 0 Å². The normalized spacial score (nSPS) is 21.4. The number of primary amides is 1. The predicted molar refractivity (Wildman–Crippen MR) is 57.0 cm³/mol. The first-order valence-corrected chi connectivity index (χ1v) is 5.66. The van der Waals surface area contributed by atoms with Crippen LogP contribution in [0.2, 0.25) is 0 Å². The number of piperidine rings is 1. The van der Waals surface area contributed by atoms with Crippen LogP contribution in [0.15, 0.2) is 0 Å². The van der Waals surface area contributed by atoms with Crippen LogP contribution in [-0.2, 0) is 4.79 Å². The smallest absolute Gasteiger partial charge is 0.369 e. The monoisotopic (exact) mass is 253 g/mol. The predicted octanol–water partition coefficient (Wildman–Crippen LogP) is 0.463. The van der Waals surface area contributed by atoms with E-state index in [9.17, 15) is 18.0 Å². The highest BCUT2D eigenvalue weighted by Gasteiger charge is 2.43. The number of halogens is 3. The lowest BCUT2D eigenvalue weighted by Crippen LogP contribution is -2.51. The van der Waals surface area contributed by atoms with Gasteiger partial charge in [0.1, 0.15) is 6.04 Å². The third-order valence-electron chi connectivity index (χ3n) is 3.19. The molecule has 0 spiro atoms. The minimum absolute atomic E-state index is 0.0000747. The van der Waals surface area contributed by atoms with E-state index in [1.165, 1.54) is 4.90 Å². The zero-order chi connectivity index (χ0) is 13.1. The molecule has 1 aliphatic rings. The molecule has 0 saturated carbocycles. The molecule has 4 nitrogen and oxygen atoms in total. The van der Waals surface area contributed by atoms with Crippen molar-refractivity contribution >= 4 is 5.91 Å². The summed E-state index contributed by atoms with van der Waals surface area (Å²) >= 11 is 0. The number of hydrogen-bond donors (Lipinski definition) is 2. The minimum atomic E-state index is -4.26. The Morgan fingerprint density at radius 2 is 1.88 bits per heavy atom. The summed E-state index contributed by atoms with van der Waals surface area (Å²) in [5.41, 5.74) is 10.3. The Hall–Kier alpha value is -0.820. The highest BCUT2D eigenvalue weighted by molar-refractivity contribution is 5.76. The number of carbonyl (C=O) groups is 1. The van der Waals surface area contributed by atoms with Gasteiger partial charge in [-0.1, -0.05) is 0 Å². The molecule has 1 unspecified atom stereocenters. The molecule has 1 saturated heterocycles. The molecule has 1 heterocycles. The second-order valence-electron chi connectivity index (χ2n) is 4.35. The van der Waals surface area contributed by atoms with Gasteiger partial charge in [0.05, 0.1) is 0 Å². The Morgan fingerprint density at radius 1 is 1.35 bits per heavy atom. The van der Waals surface area contributed by atoms with Crippen molar-refractivity contribution in [3.63, 3.8) is 0 Å². The first-order chi connectivity index (χ1) is 7.86. The van der Waals surface area contributed by atoms with Gasteiger partial charge in [0, 0.05) is 5.92 Å². The second kappa shape index (κ2) is 5.68. The summed E-state index contributed by atoms with van der Waals surface area (Å²) in [5.74, 6) is -0.718.